The first-order valence-electron chi connectivity index (χ1n) is 5.25. The summed E-state index contributed by atoms with van der Waals surface area (Å²) in [6, 6.07) is 3.98. The lowest BCUT2D eigenvalue weighted by atomic mass is 10.1. The fourth-order valence-electron chi connectivity index (χ4n) is 1.39. The van der Waals surface area contributed by atoms with Crippen LogP contribution in [0.4, 0.5) is 0 Å². The number of ether oxygens (including phenoxy) is 1. The van der Waals surface area contributed by atoms with Crippen LogP contribution in [0.5, 0.6) is 5.75 Å². The van der Waals surface area contributed by atoms with Gasteiger partial charge in [-0.15, -0.1) is 0 Å². The molecule has 5 nitrogen and oxygen atoms in total. The zero-order chi connectivity index (χ0) is 12.8. The maximum absolute atomic E-state index is 11.1. The molecular formula is C12H14O5. The Labute approximate surface area is 98.6 Å². The number of phenolic OH excluding ortho intramolecular Hbond substituents is 1. The summed E-state index contributed by atoms with van der Waals surface area (Å²) in [5.74, 6) is -1.45. The third-order valence-corrected chi connectivity index (χ3v) is 2.23. The lowest BCUT2D eigenvalue weighted by Gasteiger charge is -2.05. The van der Waals surface area contributed by atoms with E-state index < -0.39 is 5.97 Å². The summed E-state index contributed by atoms with van der Waals surface area (Å²) in [4.78, 5) is 21.9. The second-order valence-electron chi connectivity index (χ2n) is 3.45. The first-order valence-corrected chi connectivity index (χ1v) is 5.25. The van der Waals surface area contributed by atoms with Crippen LogP contribution in [0.2, 0.25) is 0 Å². The van der Waals surface area contributed by atoms with Crippen LogP contribution in [0.1, 0.15) is 29.3 Å². The molecular weight excluding hydrogens is 224 g/mol. The van der Waals surface area contributed by atoms with Gasteiger partial charge in [0.15, 0.2) is 0 Å². The van der Waals surface area contributed by atoms with Gasteiger partial charge in [0.25, 0.3) is 0 Å². The molecule has 1 aromatic carbocycles. The predicted octanol–water partition coefficient (Wildman–Crippen LogP) is 1.59. The number of esters is 1. The first-order chi connectivity index (χ1) is 8.04. The van der Waals surface area contributed by atoms with Gasteiger partial charge in [-0.25, -0.2) is 4.79 Å². The van der Waals surface area contributed by atoms with E-state index in [0.29, 0.717) is 12.2 Å². The second-order valence-corrected chi connectivity index (χ2v) is 3.45. The molecule has 0 aliphatic heterocycles. The number of aromatic carboxylic acids is 1. The minimum absolute atomic E-state index is 0.0145. The molecule has 5 heteroatoms. The number of aryl methyl sites for hydroxylation is 1. The fourth-order valence-corrected chi connectivity index (χ4v) is 1.39. The maximum Gasteiger partial charge on any atom is 0.335 e. The fraction of sp³-hybridized carbons (Fsp3) is 0.333. The van der Waals surface area contributed by atoms with Gasteiger partial charge in [0.1, 0.15) is 5.75 Å². The molecule has 0 heterocycles. The van der Waals surface area contributed by atoms with E-state index in [2.05, 4.69) is 0 Å². The molecule has 0 radical (unpaired) electrons. The number of carbonyl (C=O) groups excluding carboxylic acids is 1. The molecule has 0 amide bonds. The summed E-state index contributed by atoms with van der Waals surface area (Å²) < 4.78 is 4.74. The van der Waals surface area contributed by atoms with Crippen molar-refractivity contribution in [1.82, 2.24) is 0 Å². The van der Waals surface area contributed by atoms with Crippen molar-refractivity contribution in [2.75, 3.05) is 6.61 Å². The van der Waals surface area contributed by atoms with Crippen LogP contribution in [0.3, 0.4) is 0 Å². The first kappa shape index (κ1) is 13.0. The quantitative estimate of drug-likeness (QED) is 0.761. The molecule has 1 rings (SSSR count). The molecule has 0 aliphatic carbocycles. The normalized spacial score (nSPS) is 9.94. The van der Waals surface area contributed by atoms with E-state index in [4.69, 9.17) is 9.84 Å². The van der Waals surface area contributed by atoms with Crippen molar-refractivity contribution in [1.29, 1.82) is 0 Å². The highest BCUT2D eigenvalue weighted by atomic mass is 16.5. The molecule has 0 spiro atoms. The minimum Gasteiger partial charge on any atom is -0.508 e. The van der Waals surface area contributed by atoms with Crippen LogP contribution in [-0.2, 0) is 16.0 Å². The molecule has 0 atom stereocenters. The summed E-state index contributed by atoms with van der Waals surface area (Å²) >= 11 is 0. The van der Waals surface area contributed by atoms with Crippen LogP contribution >= 0.6 is 0 Å². The Bertz CT molecular complexity index is 425. The molecule has 0 aromatic heterocycles. The highest BCUT2D eigenvalue weighted by Gasteiger charge is 2.10. The van der Waals surface area contributed by atoms with Gasteiger partial charge in [0, 0.05) is 6.42 Å². The lowest BCUT2D eigenvalue weighted by molar-refractivity contribution is -0.143. The summed E-state index contributed by atoms with van der Waals surface area (Å²) in [6.07, 6.45) is 0.371. The average molecular weight is 238 g/mol. The van der Waals surface area contributed by atoms with E-state index in [9.17, 15) is 14.7 Å². The smallest absolute Gasteiger partial charge is 0.335 e. The van der Waals surface area contributed by atoms with E-state index in [1.54, 1.807) is 6.92 Å². The maximum atomic E-state index is 11.1. The predicted molar refractivity (Wildman–Crippen MR) is 60.0 cm³/mol. The van der Waals surface area contributed by atoms with Crippen molar-refractivity contribution < 1.29 is 24.5 Å². The van der Waals surface area contributed by atoms with E-state index in [1.807, 2.05) is 0 Å². The Morgan fingerprint density at radius 1 is 1.35 bits per heavy atom. The van der Waals surface area contributed by atoms with Gasteiger partial charge in [-0.3, -0.25) is 4.79 Å². The van der Waals surface area contributed by atoms with Crippen molar-refractivity contribution >= 4 is 11.9 Å². The summed E-state index contributed by atoms with van der Waals surface area (Å²) in [6.45, 7) is 2.01. The van der Waals surface area contributed by atoms with Crippen molar-refractivity contribution in [3.8, 4) is 5.75 Å². The highest BCUT2D eigenvalue weighted by molar-refractivity contribution is 5.88. The van der Waals surface area contributed by atoms with Crippen molar-refractivity contribution in [2.45, 2.75) is 19.8 Å². The molecule has 0 saturated carbocycles. The van der Waals surface area contributed by atoms with Gasteiger partial charge < -0.3 is 14.9 Å². The largest absolute Gasteiger partial charge is 0.508 e. The Morgan fingerprint density at radius 2 is 2.06 bits per heavy atom. The molecule has 0 bridgehead atoms. The van der Waals surface area contributed by atoms with Gasteiger partial charge in [-0.05, 0) is 37.1 Å². The standard InChI is InChI=1S/C12H14O5/c1-2-17-11(14)6-4-8-7-9(12(15)16)3-5-10(8)13/h3,5,7,13H,2,4,6H2,1H3,(H,15,16). The number of aromatic hydroxyl groups is 1. The van der Waals surface area contributed by atoms with E-state index >= 15 is 0 Å². The topological polar surface area (TPSA) is 83.8 Å². The third kappa shape index (κ3) is 3.79. The van der Waals surface area contributed by atoms with Crippen LogP contribution in [0.15, 0.2) is 18.2 Å². The van der Waals surface area contributed by atoms with Gasteiger partial charge in [-0.2, -0.15) is 0 Å². The van der Waals surface area contributed by atoms with Crippen LogP contribution in [0.25, 0.3) is 0 Å². The Morgan fingerprint density at radius 3 is 2.65 bits per heavy atom. The number of carboxylic acid groups (broad SMARTS) is 1. The van der Waals surface area contributed by atoms with Gasteiger partial charge in [0.2, 0.25) is 0 Å². The Hall–Kier alpha value is -2.04. The Balaban J connectivity index is 2.73. The van der Waals surface area contributed by atoms with Gasteiger partial charge in [0.05, 0.1) is 12.2 Å². The zero-order valence-electron chi connectivity index (χ0n) is 9.47. The molecule has 1 aromatic rings. The van der Waals surface area contributed by atoms with E-state index in [1.165, 1.54) is 18.2 Å². The monoisotopic (exact) mass is 238 g/mol. The van der Waals surface area contributed by atoms with Crippen LogP contribution < -0.4 is 0 Å². The molecule has 92 valence electrons. The van der Waals surface area contributed by atoms with Crippen molar-refractivity contribution in [2.24, 2.45) is 0 Å². The number of hydrogen-bond donors (Lipinski definition) is 2. The molecule has 0 unspecified atom stereocenters. The number of phenols is 1. The lowest BCUT2D eigenvalue weighted by Crippen LogP contribution is -2.06. The summed E-state index contributed by atoms with van der Waals surface area (Å²) in [5.41, 5.74) is 0.514. The molecule has 0 aliphatic rings. The van der Waals surface area contributed by atoms with E-state index in [0.717, 1.165) is 0 Å². The Kier molecular flexibility index (Phi) is 4.51. The zero-order valence-corrected chi connectivity index (χ0v) is 9.47. The molecule has 0 fully saturated rings. The third-order valence-electron chi connectivity index (χ3n) is 2.23. The number of rotatable bonds is 5. The van der Waals surface area contributed by atoms with Crippen molar-refractivity contribution in [3.05, 3.63) is 29.3 Å². The van der Waals surface area contributed by atoms with Gasteiger partial charge in [-0.1, -0.05) is 0 Å². The minimum atomic E-state index is -1.07. The second kappa shape index (κ2) is 5.89. The summed E-state index contributed by atoms with van der Waals surface area (Å²) in [7, 11) is 0. The number of hydrogen-bond acceptors (Lipinski definition) is 4. The van der Waals surface area contributed by atoms with Crippen LogP contribution in [-0.4, -0.2) is 28.8 Å². The molecule has 0 saturated heterocycles. The van der Waals surface area contributed by atoms with Crippen molar-refractivity contribution in [3.63, 3.8) is 0 Å². The average Bonchev–Trinajstić information content (AvgIpc) is 2.28. The molecule has 2 N–H and O–H groups in total. The van der Waals surface area contributed by atoms with Crippen LogP contribution in [0, 0.1) is 0 Å². The number of benzene rings is 1. The SMILES string of the molecule is CCOC(=O)CCc1cc(C(=O)O)ccc1O. The summed E-state index contributed by atoms with van der Waals surface area (Å²) in [5, 5.41) is 18.3. The van der Waals surface area contributed by atoms with Gasteiger partial charge >= 0.3 is 11.9 Å². The number of carboxylic acids is 1. The highest BCUT2D eigenvalue weighted by Crippen LogP contribution is 2.20. The number of carbonyl (C=O) groups is 2. The molecule has 17 heavy (non-hydrogen) atoms. The van der Waals surface area contributed by atoms with E-state index in [-0.39, 0.29) is 30.1 Å².